The van der Waals surface area contributed by atoms with Crippen LogP contribution < -0.4 is 5.32 Å². The molecule has 0 aromatic carbocycles. The second kappa shape index (κ2) is 7.32. The summed E-state index contributed by atoms with van der Waals surface area (Å²) >= 11 is 0. The fraction of sp³-hybridized carbons (Fsp3) is 0.824. The van der Waals surface area contributed by atoms with Crippen molar-refractivity contribution in [2.24, 2.45) is 11.8 Å². The Balaban J connectivity index is 1.37. The molecule has 0 radical (unpaired) electrons. The number of hydrogen-bond donors (Lipinski definition) is 1. The van der Waals surface area contributed by atoms with E-state index in [1.165, 1.54) is 25.7 Å². The van der Waals surface area contributed by atoms with Crippen molar-refractivity contribution < 1.29 is 19.1 Å². The molecule has 6 heteroatoms. The molecule has 1 N–H and O–H groups in total. The summed E-state index contributed by atoms with van der Waals surface area (Å²) in [4.78, 5) is 37.2. The molecule has 3 aliphatic rings. The van der Waals surface area contributed by atoms with E-state index in [4.69, 9.17) is 4.74 Å². The van der Waals surface area contributed by atoms with Crippen LogP contribution in [0.15, 0.2) is 0 Å². The summed E-state index contributed by atoms with van der Waals surface area (Å²) in [6.45, 7) is 0.323. The van der Waals surface area contributed by atoms with E-state index < -0.39 is 5.97 Å². The van der Waals surface area contributed by atoms with Gasteiger partial charge in [-0.3, -0.25) is 14.4 Å². The minimum absolute atomic E-state index is 0.00596. The zero-order valence-corrected chi connectivity index (χ0v) is 13.6. The molecule has 0 aromatic rings. The topological polar surface area (TPSA) is 75.7 Å². The van der Waals surface area contributed by atoms with Crippen LogP contribution in [0.4, 0.5) is 0 Å². The maximum absolute atomic E-state index is 12.0. The molecule has 3 rings (SSSR count). The Morgan fingerprint density at radius 3 is 2.48 bits per heavy atom. The molecule has 2 saturated carbocycles. The summed E-state index contributed by atoms with van der Waals surface area (Å²) in [5.74, 6) is 0.536. The second-order valence-electron chi connectivity index (χ2n) is 7.05. The van der Waals surface area contributed by atoms with Crippen molar-refractivity contribution in [2.45, 2.75) is 57.4 Å². The molecular weight excluding hydrogens is 296 g/mol. The highest BCUT2D eigenvalue weighted by Crippen LogP contribution is 2.44. The Morgan fingerprint density at radius 2 is 1.83 bits per heavy atom. The lowest BCUT2D eigenvalue weighted by molar-refractivity contribution is -0.152. The lowest BCUT2D eigenvalue weighted by atomic mass is 10.1. The van der Waals surface area contributed by atoms with Crippen LogP contribution in [0.25, 0.3) is 0 Å². The van der Waals surface area contributed by atoms with Crippen molar-refractivity contribution in [3.8, 4) is 0 Å². The Labute approximate surface area is 136 Å². The van der Waals surface area contributed by atoms with Crippen molar-refractivity contribution in [3.63, 3.8) is 0 Å². The molecule has 1 heterocycles. The van der Waals surface area contributed by atoms with E-state index in [1.54, 1.807) is 4.90 Å². The minimum Gasteiger partial charge on any atom is -0.454 e. The molecule has 0 unspecified atom stereocenters. The number of amides is 2. The van der Waals surface area contributed by atoms with E-state index in [1.807, 2.05) is 0 Å². The summed E-state index contributed by atoms with van der Waals surface area (Å²) in [7, 11) is 0. The molecule has 6 nitrogen and oxygen atoms in total. The first-order valence-electron chi connectivity index (χ1n) is 8.86. The first-order valence-corrected chi connectivity index (χ1v) is 8.86. The summed E-state index contributed by atoms with van der Waals surface area (Å²) in [5.41, 5.74) is 0. The number of ether oxygens (including phenoxy) is 1. The third kappa shape index (κ3) is 4.94. The van der Waals surface area contributed by atoms with Gasteiger partial charge in [-0.1, -0.05) is 6.42 Å². The van der Waals surface area contributed by atoms with Crippen LogP contribution in [-0.2, 0) is 19.1 Å². The van der Waals surface area contributed by atoms with Gasteiger partial charge in [0.25, 0.3) is 5.91 Å². The Kier molecular flexibility index (Phi) is 5.18. The third-order valence-corrected chi connectivity index (χ3v) is 4.94. The smallest absolute Gasteiger partial charge is 0.326 e. The maximum Gasteiger partial charge on any atom is 0.326 e. The molecule has 0 bridgehead atoms. The van der Waals surface area contributed by atoms with E-state index in [0.717, 1.165) is 19.3 Å². The number of nitrogens with zero attached hydrogens (tertiary/aromatic N) is 1. The normalized spacial score (nSPS) is 22.0. The van der Waals surface area contributed by atoms with Gasteiger partial charge in [0.05, 0.1) is 0 Å². The molecule has 2 aliphatic carbocycles. The van der Waals surface area contributed by atoms with E-state index in [9.17, 15) is 14.4 Å². The van der Waals surface area contributed by atoms with Gasteiger partial charge in [-0.15, -0.1) is 0 Å². The molecule has 128 valence electrons. The summed E-state index contributed by atoms with van der Waals surface area (Å²) < 4.78 is 5.05. The summed E-state index contributed by atoms with van der Waals surface area (Å²) in [6.07, 6.45) is 8.09. The number of nitrogens with one attached hydrogen (secondary N) is 1. The molecular formula is C17H26N2O4. The molecule has 0 aromatic heterocycles. The Hall–Kier alpha value is -1.59. The average Bonchev–Trinajstić information content (AvgIpc) is 3.40. The number of hydrogen-bond acceptors (Lipinski definition) is 4. The highest BCUT2D eigenvalue weighted by atomic mass is 16.5. The number of carbonyl (C=O) groups is 3. The van der Waals surface area contributed by atoms with Crippen LogP contribution in [0.1, 0.15) is 51.4 Å². The average molecular weight is 322 g/mol. The van der Waals surface area contributed by atoms with Crippen LogP contribution in [-0.4, -0.2) is 48.4 Å². The fourth-order valence-electron chi connectivity index (χ4n) is 3.31. The second-order valence-corrected chi connectivity index (χ2v) is 7.05. The van der Waals surface area contributed by atoms with Gasteiger partial charge in [-0.2, -0.15) is 0 Å². The van der Waals surface area contributed by atoms with Crippen LogP contribution in [0.2, 0.25) is 0 Å². The van der Waals surface area contributed by atoms with E-state index >= 15 is 0 Å². The van der Waals surface area contributed by atoms with Crippen molar-refractivity contribution >= 4 is 17.8 Å². The van der Waals surface area contributed by atoms with Gasteiger partial charge in [0.15, 0.2) is 6.61 Å². The van der Waals surface area contributed by atoms with Gasteiger partial charge in [0.1, 0.15) is 6.54 Å². The molecule has 3 fully saturated rings. The molecule has 1 aliphatic heterocycles. The largest absolute Gasteiger partial charge is 0.454 e. The van der Waals surface area contributed by atoms with Gasteiger partial charge in [0, 0.05) is 19.0 Å². The molecule has 23 heavy (non-hydrogen) atoms. The predicted octanol–water partition coefficient (Wildman–Crippen LogP) is 1.24. The predicted molar refractivity (Wildman–Crippen MR) is 83.4 cm³/mol. The highest BCUT2D eigenvalue weighted by molar-refractivity contribution is 5.84. The van der Waals surface area contributed by atoms with Gasteiger partial charge in [-0.25, -0.2) is 0 Å². The number of carbonyl (C=O) groups excluding carboxylic acids is 3. The highest BCUT2D eigenvalue weighted by Gasteiger charge is 2.42. The summed E-state index contributed by atoms with van der Waals surface area (Å²) in [5, 5.41) is 3.02. The lowest BCUT2D eigenvalue weighted by Crippen LogP contribution is -2.41. The van der Waals surface area contributed by atoms with Gasteiger partial charge >= 0.3 is 5.97 Å². The van der Waals surface area contributed by atoms with Gasteiger partial charge < -0.3 is 15.0 Å². The fourth-order valence-corrected chi connectivity index (χ4v) is 3.31. The Bertz CT molecular complexity index is 459. The first-order chi connectivity index (χ1) is 11.1. The van der Waals surface area contributed by atoms with Crippen LogP contribution in [0, 0.1) is 11.8 Å². The molecule has 0 atom stereocenters. The number of esters is 1. The zero-order valence-electron chi connectivity index (χ0n) is 13.6. The van der Waals surface area contributed by atoms with Crippen molar-refractivity contribution in [1.29, 1.82) is 0 Å². The zero-order chi connectivity index (χ0) is 16.2. The molecule has 1 saturated heterocycles. The first kappa shape index (κ1) is 16.3. The maximum atomic E-state index is 12.0. The van der Waals surface area contributed by atoms with Gasteiger partial charge in [0.2, 0.25) is 5.91 Å². The van der Waals surface area contributed by atoms with Crippen molar-refractivity contribution in [1.82, 2.24) is 10.2 Å². The van der Waals surface area contributed by atoms with Crippen LogP contribution >= 0.6 is 0 Å². The van der Waals surface area contributed by atoms with E-state index in [-0.39, 0.29) is 31.0 Å². The lowest BCUT2D eigenvalue weighted by Gasteiger charge is -2.20. The standard InChI is InChI=1S/C17H26N2O4/c20-14(18-17(12-5-6-12)13-7-8-13)11-23-16(22)10-19-9-3-1-2-4-15(19)21/h12-13,17H,1-11H2,(H,18,20). The SMILES string of the molecule is O=C(COC(=O)CN1CCCCCC1=O)NC(C1CC1)C1CC1. The van der Waals surface area contributed by atoms with E-state index in [0.29, 0.717) is 24.8 Å². The van der Waals surface area contributed by atoms with Crippen molar-refractivity contribution in [3.05, 3.63) is 0 Å². The van der Waals surface area contributed by atoms with Crippen LogP contribution in [0.3, 0.4) is 0 Å². The van der Waals surface area contributed by atoms with Crippen LogP contribution in [0.5, 0.6) is 0 Å². The van der Waals surface area contributed by atoms with Crippen molar-refractivity contribution in [2.75, 3.05) is 19.7 Å². The Morgan fingerprint density at radius 1 is 1.13 bits per heavy atom. The van der Waals surface area contributed by atoms with E-state index in [2.05, 4.69) is 5.32 Å². The monoisotopic (exact) mass is 322 g/mol. The summed E-state index contributed by atoms with van der Waals surface area (Å²) in [6, 6.07) is 0.272. The number of rotatable bonds is 7. The quantitative estimate of drug-likeness (QED) is 0.716. The molecule has 2 amide bonds. The minimum atomic E-state index is -0.496. The van der Waals surface area contributed by atoms with Gasteiger partial charge in [-0.05, 0) is 50.4 Å². The molecule has 0 spiro atoms. The third-order valence-electron chi connectivity index (χ3n) is 4.94. The number of likely N-dealkylation sites (tertiary alicyclic amines) is 1.